The van der Waals surface area contributed by atoms with Gasteiger partial charge in [0.05, 0.1) is 6.61 Å². The van der Waals surface area contributed by atoms with E-state index in [1.165, 1.54) is 51.4 Å². The van der Waals surface area contributed by atoms with E-state index in [0.717, 1.165) is 44.9 Å². The van der Waals surface area contributed by atoms with Crippen LogP contribution in [0.5, 0.6) is 0 Å². The maximum Gasteiger partial charge on any atom is 0.472 e. The summed E-state index contributed by atoms with van der Waals surface area (Å²) in [7, 11) is -5.12. The van der Waals surface area contributed by atoms with Gasteiger partial charge in [0.15, 0.2) is 6.10 Å². The number of aliphatic hydroxyl groups is 5. The molecule has 0 spiro atoms. The molecule has 1 aliphatic rings. The fraction of sp³-hybridized carbons (Fsp3) is 0.756. The number of carbonyl (C=O) groups excluding carboxylic acids is 2. The number of allylic oxidation sites excluding steroid dienone is 8. The van der Waals surface area contributed by atoms with Gasteiger partial charge in [-0.2, -0.15) is 0 Å². The fourth-order valence-corrected chi connectivity index (χ4v) is 6.78. The van der Waals surface area contributed by atoms with Crippen molar-refractivity contribution in [1.29, 1.82) is 0 Å². The second kappa shape index (κ2) is 31.8. The lowest BCUT2D eigenvalue weighted by Gasteiger charge is -2.41. The molecule has 13 nitrogen and oxygen atoms in total. The Morgan fingerprint density at radius 2 is 1.00 bits per heavy atom. The highest BCUT2D eigenvalue weighted by Gasteiger charge is 2.51. The Morgan fingerprint density at radius 1 is 0.564 bits per heavy atom. The van der Waals surface area contributed by atoms with E-state index < -0.39 is 75.7 Å². The molecule has 0 bridgehead atoms. The van der Waals surface area contributed by atoms with Crippen LogP contribution in [0.15, 0.2) is 48.6 Å². The Morgan fingerprint density at radius 3 is 1.55 bits per heavy atom. The predicted octanol–water partition coefficient (Wildman–Crippen LogP) is 6.83. The number of carbonyl (C=O) groups is 2. The van der Waals surface area contributed by atoms with Crippen LogP contribution >= 0.6 is 7.82 Å². The molecule has 1 saturated carbocycles. The van der Waals surface area contributed by atoms with Gasteiger partial charge in [-0.1, -0.05) is 127 Å². The van der Waals surface area contributed by atoms with E-state index in [1.54, 1.807) is 0 Å². The molecule has 1 fully saturated rings. The molecule has 0 aromatic heterocycles. The van der Waals surface area contributed by atoms with Crippen molar-refractivity contribution in [3.8, 4) is 0 Å². The molecule has 318 valence electrons. The van der Waals surface area contributed by atoms with E-state index in [9.17, 15) is 44.6 Å². The topological polar surface area (TPSA) is 210 Å². The van der Waals surface area contributed by atoms with Gasteiger partial charge in [-0.3, -0.25) is 18.6 Å². The van der Waals surface area contributed by atoms with Crippen LogP contribution in [0.3, 0.4) is 0 Å². The fourth-order valence-electron chi connectivity index (χ4n) is 5.81. The van der Waals surface area contributed by atoms with Crippen LogP contribution in [-0.2, 0) is 32.7 Å². The molecule has 1 rings (SSSR count). The predicted molar refractivity (Wildman–Crippen MR) is 212 cm³/mol. The Kier molecular flexibility index (Phi) is 29.4. The summed E-state index contributed by atoms with van der Waals surface area (Å²) in [4.78, 5) is 35.4. The van der Waals surface area contributed by atoms with Crippen molar-refractivity contribution in [2.75, 3.05) is 13.2 Å². The van der Waals surface area contributed by atoms with Gasteiger partial charge >= 0.3 is 19.8 Å². The van der Waals surface area contributed by atoms with E-state index >= 15 is 0 Å². The number of phosphoric ester groups is 1. The average molecular weight is 803 g/mol. The van der Waals surface area contributed by atoms with E-state index in [-0.39, 0.29) is 12.8 Å². The number of aliphatic hydroxyl groups excluding tert-OH is 5. The first-order chi connectivity index (χ1) is 26.4. The lowest BCUT2D eigenvalue weighted by atomic mass is 9.85. The van der Waals surface area contributed by atoms with Crippen LogP contribution in [0.2, 0.25) is 0 Å². The van der Waals surface area contributed by atoms with Crippen molar-refractivity contribution in [3.05, 3.63) is 48.6 Å². The van der Waals surface area contributed by atoms with Crippen LogP contribution in [0.4, 0.5) is 0 Å². The van der Waals surface area contributed by atoms with Gasteiger partial charge in [0.1, 0.15) is 43.2 Å². The highest BCUT2D eigenvalue weighted by Crippen LogP contribution is 2.47. The van der Waals surface area contributed by atoms with Crippen LogP contribution in [-0.4, -0.2) is 98.3 Å². The highest BCUT2D eigenvalue weighted by atomic mass is 31.2. The third-order valence-electron chi connectivity index (χ3n) is 9.17. The monoisotopic (exact) mass is 802 g/mol. The molecule has 0 aromatic rings. The average Bonchev–Trinajstić information content (AvgIpc) is 3.16. The van der Waals surface area contributed by atoms with E-state index in [0.29, 0.717) is 19.3 Å². The Labute approximate surface area is 329 Å². The van der Waals surface area contributed by atoms with Crippen molar-refractivity contribution in [1.82, 2.24) is 0 Å². The number of rotatable bonds is 32. The summed E-state index contributed by atoms with van der Waals surface area (Å²) in [6.45, 7) is 3.16. The third kappa shape index (κ3) is 24.9. The van der Waals surface area contributed by atoms with Crippen molar-refractivity contribution in [2.24, 2.45) is 0 Å². The summed E-state index contributed by atoms with van der Waals surface area (Å²) in [5, 5.41) is 49.9. The quantitative estimate of drug-likeness (QED) is 0.0179. The molecule has 0 saturated heterocycles. The number of unbranched alkanes of at least 4 members (excludes halogenated alkanes) is 12. The van der Waals surface area contributed by atoms with E-state index in [2.05, 4.69) is 50.3 Å². The first kappa shape index (κ1) is 50.8. The zero-order valence-corrected chi connectivity index (χ0v) is 34.1. The van der Waals surface area contributed by atoms with Crippen LogP contribution in [0.25, 0.3) is 0 Å². The lowest BCUT2D eigenvalue weighted by molar-refractivity contribution is -0.220. The normalized spacial score (nSPS) is 23.6. The third-order valence-corrected chi connectivity index (χ3v) is 10.2. The van der Waals surface area contributed by atoms with Crippen molar-refractivity contribution in [3.63, 3.8) is 0 Å². The van der Waals surface area contributed by atoms with Crippen LogP contribution in [0, 0.1) is 0 Å². The summed E-state index contributed by atoms with van der Waals surface area (Å²) in [6, 6.07) is 0. The Hall–Kier alpha value is -2.19. The molecule has 0 aliphatic heterocycles. The van der Waals surface area contributed by atoms with Gasteiger partial charge in [0.25, 0.3) is 0 Å². The minimum atomic E-state index is -5.12. The second-order valence-electron chi connectivity index (χ2n) is 14.1. The molecule has 55 heavy (non-hydrogen) atoms. The Balaban J connectivity index is 2.56. The molecule has 8 atom stereocenters. The number of phosphoric acid groups is 1. The number of esters is 2. The van der Waals surface area contributed by atoms with Crippen molar-refractivity contribution < 1.29 is 63.1 Å². The minimum Gasteiger partial charge on any atom is -0.462 e. The zero-order chi connectivity index (χ0) is 40.7. The van der Waals surface area contributed by atoms with Crippen LogP contribution < -0.4 is 0 Å². The molecule has 0 amide bonds. The minimum absolute atomic E-state index is 0.0206. The van der Waals surface area contributed by atoms with E-state index in [4.69, 9.17) is 18.5 Å². The van der Waals surface area contributed by atoms with Crippen molar-refractivity contribution in [2.45, 2.75) is 185 Å². The summed E-state index contributed by atoms with van der Waals surface area (Å²) in [5.74, 6) is -1.17. The molecule has 0 heterocycles. The standard InChI is InChI=1S/C41H71O13P/c1-3-5-7-9-11-13-14-15-16-17-18-19-20-22-24-26-28-30-35(43)53-33(31-51-34(42)29-27-25-23-21-12-10-8-6-4-2)32-52-55(49,50)54-41-39(47)37(45)36(44)38(46)40(41)48/h11,13,15-16,18-19,22,24,33,36-41,44-48H,3-10,12,14,17,20-21,23,25-32H2,1-2H3,(H,49,50)/b13-11-,16-15-,19-18-,24-22-/t33-,36?,37-,38?,39?,40?,41?/m1/s1. The van der Waals surface area contributed by atoms with Gasteiger partial charge < -0.3 is 39.9 Å². The summed E-state index contributed by atoms with van der Waals surface area (Å²) >= 11 is 0. The number of hydrogen-bond acceptors (Lipinski definition) is 12. The molecule has 14 heteroatoms. The summed E-state index contributed by atoms with van der Waals surface area (Å²) in [5.41, 5.74) is 0. The molecule has 0 radical (unpaired) electrons. The zero-order valence-electron chi connectivity index (χ0n) is 33.2. The summed E-state index contributed by atoms with van der Waals surface area (Å²) in [6.07, 6.45) is 22.0. The number of ether oxygens (including phenoxy) is 2. The first-order valence-electron chi connectivity index (χ1n) is 20.4. The van der Waals surface area contributed by atoms with Gasteiger partial charge in [0.2, 0.25) is 0 Å². The van der Waals surface area contributed by atoms with Gasteiger partial charge in [-0.25, -0.2) is 4.57 Å². The molecule has 1 aliphatic carbocycles. The maximum absolute atomic E-state index is 12.7. The first-order valence-corrected chi connectivity index (χ1v) is 21.9. The molecule has 0 aromatic carbocycles. The molecular weight excluding hydrogens is 731 g/mol. The molecule has 6 unspecified atom stereocenters. The largest absolute Gasteiger partial charge is 0.472 e. The summed E-state index contributed by atoms with van der Waals surface area (Å²) < 4.78 is 33.3. The van der Waals surface area contributed by atoms with Gasteiger partial charge in [-0.05, 0) is 51.4 Å². The van der Waals surface area contributed by atoms with Gasteiger partial charge in [-0.15, -0.1) is 0 Å². The smallest absolute Gasteiger partial charge is 0.462 e. The maximum atomic E-state index is 12.7. The molecular formula is C41H71O13P. The van der Waals surface area contributed by atoms with Gasteiger partial charge in [0, 0.05) is 12.8 Å². The SMILES string of the molecule is CCCCC/C=C\C/C=C\C/C=C\C/C=C\CCCC(=O)O[C@H](COC(=O)CCCCCCCCCCC)COP(=O)(O)OC1C(O)C(O)C(O)[C@@H](O)C1O. The highest BCUT2D eigenvalue weighted by molar-refractivity contribution is 7.47. The van der Waals surface area contributed by atoms with Crippen molar-refractivity contribution >= 4 is 19.8 Å². The number of hydrogen-bond donors (Lipinski definition) is 6. The van der Waals surface area contributed by atoms with E-state index in [1.807, 2.05) is 12.2 Å². The lowest BCUT2D eigenvalue weighted by Crippen LogP contribution is -2.64. The molecule has 6 N–H and O–H groups in total. The Bertz CT molecular complexity index is 1160. The van der Waals surface area contributed by atoms with Crippen LogP contribution in [0.1, 0.15) is 142 Å². The second-order valence-corrected chi connectivity index (χ2v) is 15.5.